The van der Waals surface area contributed by atoms with E-state index in [1.54, 1.807) is 6.07 Å². The van der Waals surface area contributed by atoms with Crippen molar-refractivity contribution in [2.75, 3.05) is 0 Å². The van der Waals surface area contributed by atoms with Gasteiger partial charge in [-0.2, -0.15) is 0 Å². The van der Waals surface area contributed by atoms with E-state index in [2.05, 4.69) is 6.92 Å². The van der Waals surface area contributed by atoms with Crippen molar-refractivity contribution in [3.05, 3.63) is 22.8 Å². The minimum absolute atomic E-state index is 0. The summed E-state index contributed by atoms with van der Waals surface area (Å²) in [5.74, 6) is -0.597. The van der Waals surface area contributed by atoms with E-state index in [-0.39, 0.29) is 28.0 Å². The van der Waals surface area contributed by atoms with E-state index in [1.165, 1.54) is 0 Å². The average Bonchev–Trinajstić information content (AvgIpc) is 2.33. The molecule has 0 saturated carbocycles. The average molecular weight is 293 g/mol. The molecule has 0 unspecified atom stereocenters. The molecule has 0 saturated heterocycles. The molecule has 1 aromatic carbocycles. The van der Waals surface area contributed by atoms with Gasteiger partial charge in [0.1, 0.15) is 0 Å². The van der Waals surface area contributed by atoms with Gasteiger partial charge in [-0.25, -0.2) is 0 Å². The first-order valence-corrected chi connectivity index (χ1v) is 6.67. The first-order chi connectivity index (χ1) is 8.15. The van der Waals surface area contributed by atoms with Crippen LogP contribution >= 0.6 is 0 Å². The van der Waals surface area contributed by atoms with Gasteiger partial charge < -0.3 is 10.2 Å². The van der Waals surface area contributed by atoms with Crippen LogP contribution in [0.5, 0.6) is 11.5 Å². The maximum absolute atomic E-state index is 11.9. The molecule has 3 heteroatoms. The zero-order valence-corrected chi connectivity index (χ0v) is 12.4. The van der Waals surface area contributed by atoms with Crippen molar-refractivity contribution < 1.29 is 26.7 Å². The second kappa shape index (κ2) is 8.42. The number of unbranched alkanes of at least 4 members (excludes halogenated alkanes) is 1. The Balaban J connectivity index is 0.00000289. The van der Waals surface area contributed by atoms with E-state index >= 15 is 0 Å². The second-order valence-electron chi connectivity index (χ2n) is 4.53. The molecule has 0 radical (unpaired) electrons. The van der Waals surface area contributed by atoms with Gasteiger partial charge in [-0.15, -0.1) is 11.5 Å². The van der Waals surface area contributed by atoms with Gasteiger partial charge in [-0.3, -0.25) is 0 Å². The van der Waals surface area contributed by atoms with Gasteiger partial charge in [-0.05, 0) is 36.8 Å². The third-order valence-corrected chi connectivity index (χ3v) is 3.22. The molecule has 0 heterocycles. The van der Waals surface area contributed by atoms with Gasteiger partial charge >= 0.3 is 16.5 Å². The third-order valence-electron chi connectivity index (χ3n) is 3.22. The van der Waals surface area contributed by atoms with E-state index < -0.39 is 0 Å². The normalized spacial score (nSPS) is 10.2. The van der Waals surface area contributed by atoms with Crippen molar-refractivity contribution >= 4 is 0 Å². The maximum Gasteiger partial charge on any atom is 2.00 e. The predicted molar refractivity (Wildman–Crippen MR) is 67.3 cm³/mol. The molecule has 0 aliphatic rings. The van der Waals surface area contributed by atoms with Gasteiger partial charge in [0.05, 0.1) is 0 Å². The smallest absolute Gasteiger partial charge is 0.873 e. The molecule has 0 spiro atoms. The summed E-state index contributed by atoms with van der Waals surface area (Å²) < 4.78 is 0. The Morgan fingerprint density at radius 2 is 1.61 bits per heavy atom. The summed E-state index contributed by atoms with van der Waals surface area (Å²) in [5, 5.41) is 23.5. The predicted octanol–water partition coefficient (Wildman–Crippen LogP) is 2.69. The Morgan fingerprint density at radius 3 is 2.11 bits per heavy atom. The molecule has 0 fully saturated rings. The Kier molecular flexibility index (Phi) is 8.10. The van der Waals surface area contributed by atoms with Crippen LogP contribution in [0.3, 0.4) is 0 Å². The van der Waals surface area contributed by atoms with Gasteiger partial charge in [0.25, 0.3) is 0 Å². The zero-order chi connectivity index (χ0) is 12.8. The number of aryl methyl sites for hydroxylation is 1. The molecule has 0 aliphatic carbocycles. The molecule has 0 aromatic heterocycles. The summed E-state index contributed by atoms with van der Waals surface area (Å²) in [6.45, 7) is 6.24. The van der Waals surface area contributed by atoms with Crippen molar-refractivity contribution in [3.63, 3.8) is 0 Å². The van der Waals surface area contributed by atoms with E-state index in [1.807, 2.05) is 13.8 Å². The number of rotatable bonds is 6. The summed E-state index contributed by atoms with van der Waals surface area (Å²) in [6, 6.07) is 1.55. The van der Waals surface area contributed by atoms with Gasteiger partial charge in [-0.1, -0.05) is 45.2 Å². The number of benzene rings is 1. The molecular formula is C15H22NiO2. The van der Waals surface area contributed by atoms with Crippen molar-refractivity contribution in [1.82, 2.24) is 0 Å². The van der Waals surface area contributed by atoms with Crippen molar-refractivity contribution in [1.29, 1.82) is 0 Å². The van der Waals surface area contributed by atoms with Crippen LogP contribution < -0.4 is 10.2 Å². The van der Waals surface area contributed by atoms with Crippen LogP contribution in [0.4, 0.5) is 0 Å². The first-order valence-electron chi connectivity index (χ1n) is 6.67. The fourth-order valence-corrected chi connectivity index (χ4v) is 2.29. The van der Waals surface area contributed by atoms with E-state index in [9.17, 15) is 10.2 Å². The van der Waals surface area contributed by atoms with Crippen LogP contribution in [0, 0.1) is 0 Å². The topological polar surface area (TPSA) is 46.1 Å². The second-order valence-corrected chi connectivity index (χ2v) is 4.53. The standard InChI is InChI=1S/C15H24O2.Ni/c1-4-7-9-12-11(6-3)10-14(16)15(17)13(12)8-5-2;/h10,16-17H,4-9H2,1-3H3;/q;+2/p-2. The number of hydrogen-bond donors (Lipinski definition) is 0. The minimum Gasteiger partial charge on any atom is -0.873 e. The molecule has 1 rings (SSSR count). The maximum atomic E-state index is 11.9. The molecule has 2 nitrogen and oxygen atoms in total. The van der Waals surface area contributed by atoms with Crippen LogP contribution in [0.1, 0.15) is 56.7 Å². The molecule has 0 bridgehead atoms. The first kappa shape index (κ1) is 17.3. The molecular weight excluding hydrogens is 271 g/mol. The van der Waals surface area contributed by atoms with Crippen molar-refractivity contribution in [2.45, 2.75) is 59.3 Å². The molecule has 1 aromatic rings. The van der Waals surface area contributed by atoms with Crippen molar-refractivity contribution in [2.24, 2.45) is 0 Å². The molecule has 18 heavy (non-hydrogen) atoms. The van der Waals surface area contributed by atoms with Crippen molar-refractivity contribution in [3.8, 4) is 11.5 Å². The van der Waals surface area contributed by atoms with Gasteiger partial charge in [0.15, 0.2) is 0 Å². The number of hydrogen-bond acceptors (Lipinski definition) is 2. The van der Waals surface area contributed by atoms with Crippen LogP contribution in [-0.4, -0.2) is 0 Å². The Hall–Kier alpha value is -0.686. The van der Waals surface area contributed by atoms with Crippen LogP contribution in [0.2, 0.25) is 0 Å². The Labute approximate surface area is 120 Å². The van der Waals surface area contributed by atoms with E-state index in [0.717, 1.165) is 55.2 Å². The summed E-state index contributed by atoms with van der Waals surface area (Å²) >= 11 is 0. The Bertz CT molecular complexity index is 375. The fraction of sp³-hybridized carbons (Fsp3) is 0.600. The van der Waals surface area contributed by atoms with Gasteiger partial charge in [0, 0.05) is 0 Å². The zero-order valence-electron chi connectivity index (χ0n) is 11.5. The summed E-state index contributed by atoms with van der Waals surface area (Å²) in [5.41, 5.74) is 3.01. The fourth-order valence-electron chi connectivity index (χ4n) is 2.29. The quantitative estimate of drug-likeness (QED) is 0.757. The molecule has 0 N–H and O–H groups in total. The largest absolute Gasteiger partial charge is 2.00 e. The SMILES string of the molecule is CCCCc1c(CC)cc([O-])c([O-])c1CCC.[Ni+2]. The van der Waals surface area contributed by atoms with Gasteiger partial charge in [0.2, 0.25) is 0 Å². The molecule has 0 aliphatic heterocycles. The monoisotopic (exact) mass is 292 g/mol. The van der Waals surface area contributed by atoms with Crippen LogP contribution in [0.15, 0.2) is 6.07 Å². The minimum atomic E-state index is -0.328. The van der Waals surface area contributed by atoms with E-state index in [0.29, 0.717) is 0 Å². The third kappa shape index (κ3) is 3.91. The molecule has 104 valence electrons. The molecule has 0 atom stereocenters. The molecule has 0 amide bonds. The van der Waals surface area contributed by atoms with Crippen LogP contribution in [-0.2, 0) is 35.8 Å². The Morgan fingerprint density at radius 1 is 0.944 bits per heavy atom. The summed E-state index contributed by atoms with van der Waals surface area (Å²) in [7, 11) is 0. The summed E-state index contributed by atoms with van der Waals surface area (Å²) in [6.07, 6.45) is 5.63. The van der Waals surface area contributed by atoms with E-state index in [4.69, 9.17) is 0 Å². The van der Waals surface area contributed by atoms with Crippen LogP contribution in [0.25, 0.3) is 0 Å². The summed E-state index contributed by atoms with van der Waals surface area (Å²) in [4.78, 5) is 0.